The Hall–Kier alpha value is -5.08. The van der Waals surface area contributed by atoms with Gasteiger partial charge in [0.05, 0.1) is 17.0 Å². The predicted molar refractivity (Wildman–Crippen MR) is 138 cm³/mol. The molecule has 0 spiro atoms. The molecule has 0 atom stereocenters. The molecule has 252 valence electrons. The number of nitrogens with two attached hydrogens (primary N) is 1. The fourth-order valence-electron chi connectivity index (χ4n) is 3.36. The third kappa shape index (κ3) is 11.1. The Balaban J connectivity index is 0.000000413. The number of halogens is 10. The molecule has 0 unspecified atom stereocenters. The molecule has 0 saturated carbocycles. The van der Waals surface area contributed by atoms with Gasteiger partial charge in [-0.3, -0.25) is 4.79 Å². The van der Waals surface area contributed by atoms with E-state index < -0.39 is 36.4 Å². The molecular formula is C24H19ClF9N5O7. The van der Waals surface area contributed by atoms with Crippen molar-refractivity contribution in [2.75, 3.05) is 12.3 Å². The highest BCUT2D eigenvalue weighted by Gasteiger charge is 2.39. The first-order chi connectivity index (χ1) is 20.9. The summed E-state index contributed by atoms with van der Waals surface area (Å²) in [5.74, 6) is -8.15. The minimum atomic E-state index is -5.08. The van der Waals surface area contributed by atoms with Gasteiger partial charge in [0, 0.05) is 42.5 Å². The van der Waals surface area contributed by atoms with Crippen LogP contribution in [0.25, 0.3) is 22.5 Å². The third-order valence-electron chi connectivity index (χ3n) is 5.17. The number of benzene rings is 1. The van der Waals surface area contributed by atoms with Gasteiger partial charge in [-0.25, -0.2) is 24.4 Å². The smallest absolute Gasteiger partial charge is 0.475 e. The summed E-state index contributed by atoms with van der Waals surface area (Å²) in [5, 5.41) is 24.9. The molecule has 22 heteroatoms. The van der Waals surface area contributed by atoms with Gasteiger partial charge >= 0.3 is 36.4 Å². The molecule has 0 fully saturated rings. The number of fused-ring (bicyclic) bond motifs is 1. The van der Waals surface area contributed by atoms with E-state index in [2.05, 4.69) is 15.3 Å². The summed E-state index contributed by atoms with van der Waals surface area (Å²) in [5.41, 5.74) is 10.7. The van der Waals surface area contributed by atoms with Gasteiger partial charge in [0.1, 0.15) is 0 Å². The number of carboxylic acid groups (broad SMARTS) is 3. The predicted octanol–water partition coefficient (Wildman–Crippen LogP) is 4.57. The third-order valence-corrected chi connectivity index (χ3v) is 5.42. The lowest BCUT2D eigenvalue weighted by molar-refractivity contribution is -0.193. The Morgan fingerprint density at radius 3 is 1.67 bits per heavy atom. The normalized spacial score (nSPS) is 12.5. The fraction of sp³-hybridized carbons (Fsp3) is 0.250. The molecule has 1 aliphatic rings. The maximum Gasteiger partial charge on any atom is 0.490 e. The average Bonchev–Trinajstić information content (AvgIpc) is 3.22. The van der Waals surface area contributed by atoms with Crippen molar-refractivity contribution in [2.45, 2.75) is 24.9 Å². The first-order valence-electron chi connectivity index (χ1n) is 11.6. The number of carboxylic acids is 3. The van der Waals surface area contributed by atoms with Gasteiger partial charge in [-0.15, -0.1) is 0 Å². The van der Waals surface area contributed by atoms with E-state index in [4.69, 9.17) is 47.0 Å². The number of amides is 1. The van der Waals surface area contributed by atoms with Crippen LogP contribution in [-0.4, -0.2) is 78.7 Å². The second-order valence-corrected chi connectivity index (χ2v) is 8.76. The molecule has 6 N–H and O–H groups in total. The lowest BCUT2D eigenvalue weighted by Gasteiger charge is -2.15. The monoisotopic (exact) mass is 695 g/mol. The number of nitrogen functional groups attached to an aromatic ring is 1. The van der Waals surface area contributed by atoms with Crippen molar-refractivity contribution in [1.82, 2.24) is 19.9 Å². The van der Waals surface area contributed by atoms with Gasteiger partial charge in [-0.1, -0.05) is 23.7 Å². The van der Waals surface area contributed by atoms with Crippen LogP contribution in [0.5, 0.6) is 0 Å². The van der Waals surface area contributed by atoms with Gasteiger partial charge in [0.15, 0.2) is 0 Å². The van der Waals surface area contributed by atoms with Crippen LogP contribution in [0.2, 0.25) is 5.02 Å². The number of hydrogen-bond acceptors (Lipinski definition) is 7. The summed E-state index contributed by atoms with van der Waals surface area (Å²) in [6.07, 6.45) is -12.9. The molecule has 1 amide bonds. The van der Waals surface area contributed by atoms with Crippen LogP contribution in [-0.2, 0) is 27.9 Å². The lowest BCUT2D eigenvalue weighted by Crippen LogP contribution is -2.32. The van der Waals surface area contributed by atoms with E-state index in [0.717, 1.165) is 28.9 Å². The second-order valence-electron chi connectivity index (χ2n) is 8.33. The number of aromatic nitrogens is 3. The molecule has 1 aliphatic heterocycles. The summed E-state index contributed by atoms with van der Waals surface area (Å²) in [6, 6.07) is 9.25. The second kappa shape index (κ2) is 15.3. The standard InChI is InChI=1S/C18H16ClN5O.3C2HF3O2/c1-24-13-7-9-21-17(25)15(13)14(10-2-4-11(19)5-3-10)16(24)12-6-8-22-18(20)23-12;3*3-2(4,5)1(6)7/h2-6,8H,7,9H2,1H3,(H,21,25)(H2,20,22,23);3*(H,6,7). The van der Waals surface area contributed by atoms with Crippen molar-refractivity contribution >= 4 is 41.4 Å². The van der Waals surface area contributed by atoms with Crippen LogP contribution < -0.4 is 11.1 Å². The van der Waals surface area contributed by atoms with Crippen molar-refractivity contribution in [3.05, 3.63) is 52.8 Å². The quantitative estimate of drug-likeness (QED) is 0.237. The number of anilines is 1. The van der Waals surface area contributed by atoms with Crippen LogP contribution in [0, 0.1) is 0 Å². The molecule has 4 rings (SSSR count). The van der Waals surface area contributed by atoms with Gasteiger partial charge in [-0.2, -0.15) is 39.5 Å². The molecule has 0 bridgehead atoms. The summed E-state index contributed by atoms with van der Waals surface area (Å²) < 4.78 is 97.2. The summed E-state index contributed by atoms with van der Waals surface area (Å²) in [6.45, 7) is 0.620. The average molecular weight is 696 g/mol. The molecule has 12 nitrogen and oxygen atoms in total. The molecule has 0 aliphatic carbocycles. The number of nitrogens with one attached hydrogen (secondary N) is 1. The number of rotatable bonds is 2. The van der Waals surface area contributed by atoms with Crippen molar-refractivity contribution in [3.8, 4) is 22.5 Å². The lowest BCUT2D eigenvalue weighted by atomic mass is 9.96. The van der Waals surface area contributed by atoms with Crippen molar-refractivity contribution < 1.29 is 74.0 Å². The fourth-order valence-corrected chi connectivity index (χ4v) is 3.48. The van der Waals surface area contributed by atoms with E-state index in [1.807, 2.05) is 35.9 Å². The van der Waals surface area contributed by atoms with Crippen molar-refractivity contribution in [1.29, 1.82) is 0 Å². The summed E-state index contributed by atoms with van der Waals surface area (Å²) in [7, 11) is 1.95. The molecule has 3 aromatic rings. The van der Waals surface area contributed by atoms with Gasteiger partial charge in [-0.05, 0) is 23.8 Å². The van der Waals surface area contributed by atoms with Crippen LogP contribution in [0.1, 0.15) is 16.1 Å². The molecule has 0 radical (unpaired) electrons. The van der Waals surface area contributed by atoms with Crippen LogP contribution >= 0.6 is 11.6 Å². The Labute approximate surface area is 255 Å². The van der Waals surface area contributed by atoms with E-state index in [1.165, 1.54) is 0 Å². The first-order valence-corrected chi connectivity index (χ1v) is 12.0. The van der Waals surface area contributed by atoms with Crippen LogP contribution in [0.15, 0.2) is 36.5 Å². The maximum absolute atomic E-state index is 12.6. The zero-order valence-corrected chi connectivity index (χ0v) is 23.3. The first kappa shape index (κ1) is 38.9. The highest BCUT2D eigenvalue weighted by molar-refractivity contribution is 6.30. The Bertz CT molecular complexity index is 1520. The number of aliphatic carboxylic acids is 3. The Morgan fingerprint density at radius 1 is 0.848 bits per heavy atom. The molecule has 2 aromatic heterocycles. The molecular weight excluding hydrogens is 677 g/mol. The van der Waals surface area contributed by atoms with E-state index in [1.54, 1.807) is 12.3 Å². The summed E-state index contributed by atoms with van der Waals surface area (Å²) >= 11 is 6.03. The topological polar surface area (TPSA) is 198 Å². The number of alkyl halides is 9. The van der Waals surface area contributed by atoms with Gasteiger partial charge < -0.3 is 30.9 Å². The number of hydrogen-bond donors (Lipinski definition) is 5. The molecule has 46 heavy (non-hydrogen) atoms. The van der Waals surface area contributed by atoms with E-state index in [0.29, 0.717) is 22.8 Å². The Kier molecular flexibility index (Phi) is 12.9. The SMILES string of the molecule is Cn1c2c(c(-c3ccc(Cl)cc3)c1-c1ccnc(N)n1)C(=O)NCC2.O=C(O)C(F)(F)F.O=C(O)C(F)(F)F.O=C(O)C(F)(F)F. The minimum absolute atomic E-state index is 0.0740. The summed E-state index contributed by atoms with van der Waals surface area (Å²) in [4.78, 5) is 47.6. The van der Waals surface area contributed by atoms with Crippen molar-refractivity contribution in [2.24, 2.45) is 7.05 Å². The molecule has 3 heterocycles. The van der Waals surface area contributed by atoms with Crippen molar-refractivity contribution in [3.63, 3.8) is 0 Å². The zero-order chi connectivity index (χ0) is 35.8. The Morgan fingerprint density at radius 2 is 1.28 bits per heavy atom. The minimum Gasteiger partial charge on any atom is -0.475 e. The number of nitrogens with zero attached hydrogens (tertiary/aromatic N) is 3. The van der Waals surface area contributed by atoms with Gasteiger partial charge in [0.25, 0.3) is 5.91 Å². The molecule has 0 saturated heterocycles. The number of carbonyl (C=O) groups excluding carboxylic acids is 1. The largest absolute Gasteiger partial charge is 0.490 e. The highest BCUT2D eigenvalue weighted by Crippen LogP contribution is 2.39. The molecule has 1 aromatic carbocycles. The van der Waals surface area contributed by atoms with Crippen LogP contribution in [0.3, 0.4) is 0 Å². The van der Waals surface area contributed by atoms with Gasteiger partial charge in [0.2, 0.25) is 5.95 Å². The van der Waals surface area contributed by atoms with E-state index >= 15 is 0 Å². The van der Waals surface area contributed by atoms with E-state index in [-0.39, 0.29) is 11.9 Å². The van der Waals surface area contributed by atoms with Crippen LogP contribution in [0.4, 0.5) is 45.5 Å². The highest BCUT2D eigenvalue weighted by atomic mass is 35.5. The zero-order valence-electron chi connectivity index (χ0n) is 22.6. The van der Waals surface area contributed by atoms with E-state index in [9.17, 15) is 44.3 Å². The maximum atomic E-state index is 12.6. The number of carbonyl (C=O) groups is 4.